The van der Waals surface area contributed by atoms with E-state index < -0.39 is 139 Å². The van der Waals surface area contributed by atoms with Gasteiger partial charge in [-0.1, -0.05) is 0 Å². The van der Waals surface area contributed by atoms with E-state index in [0.29, 0.717) is 0 Å². The summed E-state index contributed by atoms with van der Waals surface area (Å²) in [6.45, 7) is -2.29. The van der Waals surface area contributed by atoms with E-state index in [1.165, 1.54) is 24.3 Å². The molecule has 52 heavy (non-hydrogen) atoms. The quantitative estimate of drug-likeness (QED) is 0.106. The monoisotopic (exact) mass is 740 g/mol. The molecule has 5 unspecified atom stereocenters. The van der Waals surface area contributed by atoms with Crippen molar-refractivity contribution in [1.29, 1.82) is 0 Å². The first-order chi connectivity index (χ1) is 24.7. The van der Waals surface area contributed by atoms with Crippen LogP contribution in [0.25, 0.3) is 22.3 Å². The van der Waals surface area contributed by atoms with Crippen LogP contribution in [0.1, 0.15) is 23.3 Å². The summed E-state index contributed by atoms with van der Waals surface area (Å²) in [6, 6.07) is 6.42. The third-order valence-corrected chi connectivity index (χ3v) is 9.60. The maximum absolute atomic E-state index is 13.9. The van der Waals surface area contributed by atoms with Gasteiger partial charge in [0, 0.05) is 11.6 Å². The summed E-state index contributed by atoms with van der Waals surface area (Å²) in [5, 5.41) is 127. The summed E-state index contributed by atoms with van der Waals surface area (Å²) < 4.78 is 35.0. The number of aliphatic hydroxyl groups excluding tert-OH is 10. The Labute approximate surface area is 293 Å². The number of methoxy groups -OCH3 is 1. The first-order valence-electron chi connectivity index (χ1n) is 16.2. The molecule has 3 saturated heterocycles. The highest BCUT2D eigenvalue weighted by molar-refractivity contribution is 5.92. The molecule has 4 heterocycles. The van der Waals surface area contributed by atoms with Gasteiger partial charge in [0.05, 0.1) is 38.1 Å². The van der Waals surface area contributed by atoms with Crippen LogP contribution in [0.2, 0.25) is 0 Å². The van der Waals surface area contributed by atoms with E-state index >= 15 is 0 Å². The number of fused-ring (bicyclic) bond motifs is 1. The third-order valence-electron chi connectivity index (χ3n) is 9.60. The molecule has 6 rings (SSSR count). The summed E-state index contributed by atoms with van der Waals surface area (Å²) in [4.78, 5) is 13.9. The number of phenols is 2. The Morgan fingerprint density at radius 1 is 0.750 bits per heavy atom. The topological polar surface area (TPSA) is 319 Å². The largest absolute Gasteiger partial charge is 0.508 e. The molecule has 0 aliphatic carbocycles. The van der Waals surface area contributed by atoms with Crippen molar-refractivity contribution in [3.8, 4) is 28.6 Å². The molecular weight excluding hydrogens is 700 g/mol. The minimum Gasteiger partial charge on any atom is -0.508 e. The summed E-state index contributed by atoms with van der Waals surface area (Å²) >= 11 is 0. The summed E-state index contributed by atoms with van der Waals surface area (Å²) in [5.41, 5.74) is -2.04. The van der Waals surface area contributed by atoms with Crippen LogP contribution in [-0.2, 0) is 18.9 Å². The first kappa shape index (κ1) is 38.2. The molecular formula is C33H40O19. The fourth-order valence-electron chi connectivity index (χ4n) is 6.78. The highest BCUT2D eigenvalue weighted by Crippen LogP contribution is 2.52. The van der Waals surface area contributed by atoms with Gasteiger partial charge in [0.1, 0.15) is 108 Å². The van der Waals surface area contributed by atoms with E-state index in [9.17, 15) is 66.1 Å². The van der Waals surface area contributed by atoms with Crippen molar-refractivity contribution < 1.29 is 89.4 Å². The van der Waals surface area contributed by atoms with Gasteiger partial charge in [-0.05, 0) is 24.3 Å². The number of ether oxygens (including phenoxy) is 5. The van der Waals surface area contributed by atoms with Gasteiger partial charge in [-0.2, -0.15) is 0 Å². The molecule has 0 saturated carbocycles. The normalized spacial score (nSPS) is 36.9. The Morgan fingerprint density at radius 2 is 1.37 bits per heavy atom. The van der Waals surface area contributed by atoms with Crippen LogP contribution >= 0.6 is 0 Å². The van der Waals surface area contributed by atoms with Gasteiger partial charge < -0.3 is 89.4 Å². The van der Waals surface area contributed by atoms with Gasteiger partial charge in [-0.3, -0.25) is 4.79 Å². The van der Waals surface area contributed by atoms with E-state index in [2.05, 4.69) is 0 Å². The Kier molecular flexibility index (Phi) is 11.1. The fourth-order valence-corrected chi connectivity index (χ4v) is 6.78. The molecule has 0 amide bonds. The molecule has 3 fully saturated rings. The third kappa shape index (κ3) is 6.52. The molecule has 2 aromatic carbocycles. The molecule has 3 aliphatic rings. The SMILES string of the molecule is COc1c([C@@H]2OC(CO)[C@@H](O)[C@H](O)C2O)c(O)c2c(=O)cc(-c3ccc(O)cc3)oc2c1[C@@H]1OC(CO)[C@@H](O)[C@H](O)C1O[C@@H]1OC[C@H](O)[C@H](O)C1O. The highest BCUT2D eigenvalue weighted by Gasteiger charge is 2.53. The lowest BCUT2D eigenvalue weighted by Gasteiger charge is -2.45. The van der Waals surface area contributed by atoms with Crippen LogP contribution < -0.4 is 10.2 Å². The second kappa shape index (κ2) is 15.1. The summed E-state index contributed by atoms with van der Waals surface area (Å²) in [6.07, 6.45) is -25.2. The molecule has 19 nitrogen and oxygen atoms in total. The molecule has 0 radical (unpaired) electrons. The molecule has 1 aromatic heterocycles. The van der Waals surface area contributed by atoms with Crippen LogP contribution in [0.5, 0.6) is 17.2 Å². The predicted molar refractivity (Wildman–Crippen MR) is 170 cm³/mol. The van der Waals surface area contributed by atoms with Crippen molar-refractivity contribution in [2.45, 2.75) is 85.6 Å². The van der Waals surface area contributed by atoms with Gasteiger partial charge in [0.15, 0.2) is 17.3 Å². The van der Waals surface area contributed by atoms with Crippen molar-refractivity contribution >= 4 is 11.0 Å². The lowest BCUT2D eigenvalue weighted by atomic mass is 9.84. The Balaban J connectivity index is 1.64. The predicted octanol–water partition coefficient (Wildman–Crippen LogP) is -3.63. The van der Waals surface area contributed by atoms with E-state index in [1.54, 1.807) is 0 Å². The number of aliphatic hydroxyl groups is 10. The Hall–Kier alpha value is -3.51. The number of aromatic hydroxyl groups is 2. The second-order valence-corrected chi connectivity index (χ2v) is 12.8. The van der Waals surface area contributed by atoms with E-state index in [4.69, 9.17) is 28.1 Å². The van der Waals surface area contributed by atoms with Gasteiger partial charge >= 0.3 is 0 Å². The van der Waals surface area contributed by atoms with Gasteiger partial charge in [-0.15, -0.1) is 0 Å². The lowest BCUT2D eigenvalue weighted by molar-refractivity contribution is -0.325. The lowest BCUT2D eigenvalue weighted by Crippen LogP contribution is -2.60. The van der Waals surface area contributed by atoms with Gasteiger partial charge in [-0.25, -0.2) is 0 Å². The Morgan fingerprint density at radius 3 is 1.98 bits per heavy atom. The number of rotatable bonds is 8. The van der Waals surface area contributed by atoms with E-state index in [-0.39, 0.29) is 22.6 Å². The molecule has 3 aliphatic heterocycles. The van der Waals surface area contributed by atoms with Crippen molar-refractivity contribution in [3.05, 3.63) is 51.7 Å². The van der Waals surface area contributed by atoms with Crippen LogP contribution in [0, 0.1) is 0 Å². The number of benzene rings is 2. The molecule has 0 spiro atoms. The minimum atomic E-state index is -2.03. The number of hydrogen-bond donors (Lipinski definition) is 12. The van der Waals surface area contributed by atoms with Gasteiger partial charge in [0.2, 0.25) is 0 Å². The molecule has 0 bridgehead atoms. The van der Waals surface area contributed by atoms with Crippen LogP contribution in [0.4, 0.5) is 0 Å². The molecule has 14 atom stereocenters. The zero-order chi connectivity index (χ0) is 37.8. The first-order valence-corrected chi connectivity index (χ1v) is 16.2. The maximum atomic E-state index is 13.9. The molecule has 3 aromatic rings. The average Bonchev–Trinajstić information content (AvgIpc) is 3.13. The minimum absolute atomic E-state index is 0.112. The van der Waals surface area contributed by atoms with Crippen LogP contribution in [0.3, 0.4) is 0 Å². The Bertz CT molecular complexity index is 1780. The summed E-state index contributed by atoms with van der Waals surface area (Å²) in [7, 11) is 1.08. The second-order valence-electron chi connectivity index (χ2n) is 12.8. The van der Waals surface area contributed by atoms with Crippen molar-refractivity contribution in [3.63, 3.8) is 0 Å². The highest BCUT2D eigenvalue weighted by atomic mass is 16.7. The van der Waals surface area contributed by atoms with E-state index in [1.807, 2.05) is 0 Å². The van der Waals surface area contributed by atoms with Crippen molar-refractivity contribution in [1.82, 2.24) is 0 Å². The smallest absolute Gasteiger partial charge is 0.197 e. The number of hydrogen-bond acceptors (Lipinski definition) is 19. The van der Waals surface area contributed by atoms with Crippen LogP contribution in [-0.4, -0.2) is 162 Å². The average molecular weight is 741 g/mol. The van der Waals surface area contributed by atoms with Crippen molar-refractivity contribution in [2.24, 2.45) is 0 Å². The van der Waals surface area contributed by atoms with E-state index in [0.717, 1.165) is 13.2 Å². The van der Waals surface area contributed by atoms with Crippen molar-refractivity contribution in [2.75, 3.05) is 26.9 Å². The number of phenolic OH excluding ortho intramolecular Hbond substituents is 2. The molecule has 19 heteroatoms. The van der Waals surface area contributed by atoms with Crippen LogP contribution in [0.15, 0.2) is 39.5 Å². The molecule has 286 valence electrons. The fraction of sp³-hybridized carbons (Fsp3) is 0.545. The van der Waals surface area contributed by atoms with Gasteiger partial charge in [0.25, 0.3) is 0 Å². The summed E-state index contributed by atoms with van der Waals surface area (Å²) in [5.74, 6) is -1.63. The zero-order valence-corrected chi connectivity index (χ0v) is 27.3. The molecule has 12 N–H and O–H groups in total. The zero-order valence-electron chi connectivity index (χ0n) is 27.3. The maximum Gasteiger partial charge on any atom is 0.197 e. The standard InChI is InChI=1S/C33H40O19/c1-47-28-18(30-26(45)24(43)21(40)15(7-34)50-30)23(42)17-12(37)6-14(10-2-4-11(36)5-3-10)49-29(17)19(28)31-32(25(44)22(41)16(8-35)51-31)52-33-27(46)20(39)13(38)9-48-33/h2-6,13,15-16,20-22,24-27,30-36,38-46H,7-9H2,1H3/t13-,15?,16?,20-,21+,22+,24-,25-,26?,27?,30-,31-,32?,33-/m0/s1.